The highest BCUT2D eigenvalue weighted by Crippen LogP contribution is 2.22. The maximum Gasteiger partial charge on any atom is 0.319 e. The molecule has 3 heterocycles. The number of carbonyl (C=O) groups is 1. The molecule has 8 heteroatoms. The van der Waals surface area contributed by atoms with Crippen molar-refractivity contribution in [1.82, 2.24) is 24.9 Å². The van der Waals surface area contributed by atoms with Crippen LogP contribution in [0.4, 0.5) is 16.3 Å². The molecule has 3 aromatic rings. The first-order valence-electron chi connectivity index (χ1n) is 9.94. The van der Waals surface area contributed by atoms with Crippen LogP contribution >= 0.6 is 0 Å². The SMILES string of the molecule is Cc1cc(N2CCCC(NC(=O)Nc3ccccc3-n3nccc3C)C2)n(C)n1. The van der Waals surface area contributed by atoms with Gasteiger partial charge in [0.25, 0.3) is 0 Å². The summed E-state index contributed by atoms with van der Waals surface area (Å²) in [4.78, 5) is 15.0. The summed E-state index contributed by atoms with van der Waals surface area (Å²) in [5.41, 5.74) is 3.59. The van der Waals surface area contributed by atoms with Gasteiger partial charge in [0.05, 0.1) is 17.1 Å². The van der Waals surface area contributed by atoms with E-state index < -0.39 is 0 Å². The van der Waals surface area contributed by atoms with Crippen molar-refractivity contribution in [3.63, 3.8) is 0 Å². The van der Waals surface area contributed by atoms with Gasteiger partial charge in [-0.2, -0.15) is 10.2 Å². The zero-order valence-electron chi connectivity index (χ0n) is 17.1. The smallest absolute Gasteiger partial charge is 0.319 e. The van der Waals surface area contributed by atoms with Crippen molar-refractivity contribution in [2.75, 3.05) is 23.3 Å². The predicted molar refractivity (Wildman–Crippen MR) is 114 cm³/mol. The van der Waals surface area contributed by atoms with E-state index in [0.29, 0.717) is 0 Å². The predicted octanol–water partition coefficient (Wildman–Crippen LogP) is 3.01. The number of anilines is 2. The zero-order chi connectivity index (χ0) is 20.4. The van der Waals surface area contributed by atoms with Crippen LogP contribution < -0.4 is 15.5 Å². The van der Waals surface area contributed by atoms with Crippen LogP contribution in [0.3, 0.4) is 0 Å². The summed E-state index contributed by atoms with van der Waals surface area (Å²) in [6.45, 7) is 5.72. The number of aryl methyl sites for hydroxylation is 3. The first-order valence-corrected chi connectivity index (χ1v) is 9.94. The van der Waals surface area contributed by atoms with Gasteiger partial charge in [0.15, 0.2) is 0 Å². The average molecular weight is 393 g/mol. The first kappa shape index (κ1) is 19.0. The second-order valence-corrected chi connectivity index (χ2v) is 7.55. The molecule has 0 saturated carbocycles. The van der Waals surface area contributed by atoms with E-state index in [1.54, 1.807) is 6.20 Å². The summed E-state index contributed by atoms with van der Waals surface area (Å²) in [5.74, 6) is 1.09. The number of carbonyl (C=O) groups excluding carboxylic acids is 1. The third-order valence-corrected chi connectivity index (χ3v) is 5.27. The summed E-state index contributed by atoms with van der Waals surface area (Å²) in [7, 11) is 1.96. The van der Waals surface area contributed by atoms with Gasteiger partial charge in [-0.25, -0.2) is 9.48 Å². The maximum atomic E-state index is 12.7. The van der Waals surface area contributed by atoms with Crippen molar-refractivity contribution in [2.45, 2.75) is 32.7 Å². The summed E-state index contributed by atoms with van der Waals surface area (Å²) in [5, 5.41) is 14.9. The second kappa shape index (κ2) is 7.98. The first-order chi connectivity index (χ1) is 14.0. The van der Waals surface area contributed by atoms with Gasteiger partial charge in [-0.05, 0) is 44.9 Å². The average Bonchev–Trinajstić information content (AvgIpc) is 3.27. The number of nitrogens with one attached hydrogen (secondary N) is 2. The second-order valence-electron chi connectivity index (χ2n) is 7.55. The molecule has 8 nitrogen and oxygen atoms in total. The van der Waals surface area contributed by atoms with E-state index in [4.69, 9.17) is 0 Å². The van der Waals surface area contributed by atoms with Gasteiger partial charge in [0.2, 0.25) is 0 Å². The van der Waals surface area contributed by atoms with Crippen LogP contribution in [0.2, 0.25) is 0 Å². The van der Waals surface area contributed by atoms with E-state index >= 15 is 0 Å². The summed E-state index contributed by atoms with van der Waals surface area (Å²) in [6.07, 6.45) is 3.74. The molecule has 1 atom stereocenters. The highest BCUT2D eigenvalue weighted by atomic mass is 16.2. The van der Waals surface area contributed by atoms with E-state index in [9.17, 15) is 4.79 Å². The number of hydrogen-bond donors (Lipinski definition) is 2. The number of rotatable bonds is 4. The van der Waals surface area contributed by atoms with Gasteiger partial charge in [0.1, 0.15) is 5.82 Å². The minimum Gasteiger partial charge on any atom is -0.355 e. The molecule has 152 valence electrons. The molecule has 1 saturated heterocycles. The zero-order valence-corrected chi connectivity index (χ0v) is 17.1. The molecule has 1 aliphatic heterocycles. The van der Waals surface area contributed by atoms with Crippen molar-refractivity contribution >= 4 is 17.5 Å². The third kappa shape index (κ3) is 4.11. The molecule has 1 aliphatic rings. The molecule has 1 unspecified atom stereocenters. The molecule has 0 radical (unpaired) electrons. The molecule has 4 rings (SSSR count). The molecule has 0 spiro atoms. The fraction of sp³-hybridized carbons (Fsp3) is 0.381. The Balaban J connectivity index is 1.43. The minimum absolute atomic E-state index is 0.0811. The number of nitrogens with zero attached hydrogens (tertiary/aromatic N) is 5. The Hall–Kier alpha value is -3.29. The van der Waals surface area contributed by atoms with Crippen LogP contribution in [-0.2, 0) is 7.05 Å². The molecule has 2 aromatic heterocycles. The van der Waals surface area contributed by atoms with E-state index in [0.717, 1.165) is 54.5 Å². The summed E-state index contributed by atoms with van der Waals surface area (Å²) in [6, 6.07) is 11.6. The molecule has 0 aliphatic carbocycles. The van der Waals surface area contributed by atoms with Gasteiger partial charge in [0, 0.05) is 44.1 Å². The van der Waals surface area contributed by atoms with Gasteiger partial charge in [-0.3, -0.25) is 4.68 Å². The standard InChI is InChI=1S/C21H27N7O/c1-15-13-20(26(3)25-15)27-12-6-7-17(14-27)23-21(29)24-18-8-4-5-9-19(18)28-16(2)10-11-22-28/h4-5,8-11,13,17H,6-7,12,14H2,1-3H3,(H2,23,24,29). The van der Waals surface area contributed by atoms with Crippen molar-refractivity contribution < 1.29 is 4.79 Å². The monoisotopic (exact) mass is 393 g/mol. The Kier molecular flexibility index (Phi) is 5.24. The van der Waals surface area contributed by atoms with Crippen molar-refractivity contribution in [1.29, 1.82) is 0 Å². The highest BCUT2D eigenvalue weighted by molar-refractivity contribution is 5.91. The van der Waals surface area contributed by atoms with Crippen LogP contribution in [0.1, 0.15) is 24.2 Å². The maximum absolute atomic E-state index is 12.7. The Morgan fingerprint density at radius 2 is 2.03 bits per heavy atom. The lowest BCUT2D eigenvalue weighted by Gasteiger charge is -2.34. The van der Waals surface area contributed by atoms with Gasteiger partial charge >= 0.3 is 6.03 Å². The summed E-state index contributed by atoms with van der Waals surface area (Å²) < 4.78 is 3.73. The normalized spacial score (nSPS) is 16.7. The van der Waals surface area contributed by atoms with Crippen molar-refractivity contribution in [3.05, 3.63) is 54.0 Å². The van der Waals surface area contributed by atoms with Gasteiger partial charge < -0.3 is 15.5 Å². The topological polar surface area (TPSA) is 80.0 Å². The number of aromatic nitrogens is 4. The Bertz CT molecular complexity index is 1010. The van der Waals surface area contributed by atoms with Crippen LogP contribution in [-0.4, -0.2) is 44.7 Å². The van der Waals surface area contributed by atoms with Crippen LogP contribution in [0.25, 0.3) is 5.69 Å². The number of urea groups is 1. The van der Waals surface area contributed by atoms with E-state index in [1.807, 2.05) is 60.6 Å². The highest BCUT2D eigenvalue weighted by Gasteiger charge is 2.24. The number of benzene rings is 1. The van der Waals surface area contributed by atoms with Crippen molar-refractivity contribution in [3.8, 4) is 5.69 Å². The lowest BCUT2D eigenvalue weighted by molar-refractivity contribution is 0.246. The van der Waals surface area contributed by atoms with E-state index in [-0.39, 0.29) is 12.1 Å². The fourth-order valence-corrected chi connectivity index (χ4v) is 3.93. The molecule has 1 aromatic carbocycles. The largest absolute Gasteiger partial charge is 0.355 e. The number of para-hydroxylation sites is 2. The number of amides is 2. The van der Waals surface area contributed by atoms with E-state index in [1.165, 1.54) is 0 Å². The van der Waals surface area contributed by atoms with Crippen LogP contribution in [0, 0.1) is 13.8 Å². The van der Waals surface area contributed by atoms with Gasteiger partial charge in [-0.15, -0.1) is 0 Å². The number of hydrogen-bond acceptors (Lipinski definition) is 4. The number of piperidine rings is 1. The molecule has 1 fully saturated rings. The van der Waals surface area contributed by atoms with Crippen LogP contribution in [0.5, 0.6) is 0 Å². The summed E-state index contributed by atoms with van der Waals surface area (Å²) >= 11 is 0. The Morgan fingerprint density at radius 3 is 2.76 bits per heavy atom. The van der Waals surface area contributed by atoms with Gasteiger partial charge in [-0.1, -0.05) is 12.1 Å². The lowest BCUT2D eigenvalue weighted by Crippen LogP contribution is -2.49. The molecular formula is C21H27N7O. The van der Waals surface area contributed by atoms with Crippen molar-refractivity contribution in [2.24, 2.45) is 7.05 Å². The third-order valence-electron chi connectivity index (χ3n) is 5.27. The lowest BCUT2D eigenvalue weighted by atomic mass is 10.1. The quantitative estimate of drug-likeness (QED) is 0.714. The molecule has 2 amide bonds. The molecular weight excluding hydrogens is 366 g/mol. The molecule has 2 N–H and O–H groups in total. The van der Waals surface area contributed by atoms with E-state index in [2.05, 4.69) is 31.8 Å². The Labute approximate surface area is 170 Å². The minimum atomic E-state index is -0.199. The Morgan fingerprint density at radius 1 is 1.21 bits per heavy atom. The van der Waals surface area contributed by atoms with Crippen LogP contribution in [0.15, 0.2) is 42.6 Å². The fourth-order valence-electron chi connectivity index (χ4n) is 3.93. The molecule has 0 bridgehead atoms. The molecule has 29 heavy (non-hydrogen) atoms.